The number of hydrogen-bond donors (Lipinski definition) is 2. The molecule has 150 valence electrons. The van der Waals surface area contributed by atoms with Crippen LogP contribution in [0.4, 0.5) is 0 Å². The first-order valence-corrected chi connectivity index (χ1v) is 11.0. The van der Waals surface area contributed by atoms with Crippen LogP contribution in [0.1, 0.15) is 58.4 Å². The van der Waals surface area contributed by atoms with Crippen molar-refractivity contribution < 1.29 is 23.1 Å². The Hall–Kier alpha value is -1.89. The van der Waals surface area contributed by atoms with Crippen LogP contribution in [-0.2, 0) is 25.8 Å². The topological polar surface area (TPSA) is 101 Å². The number of carboxylic acid groups (broad SMARTS) is 1. The molecule has 1 fully saturated rings. The van der Waals surface area contributed by atoms with Crippen LogP contribution in [0, 0.1) is 5.92 Å². The van der Waals surface area contributed by atoms with E-state index in [0.29, 0.717) is 24.3 Å². The summed E-state index contributed by atoms with van der Waals surface area (Å²) in [7, 11) is -3.35. The second-order valence-electron chi connectivity index (χ2n) is 7.70. The monoisotopic (exact) mass is 395 g/mol. The Morgan fingerprint density at radius 1 is 1.19 bits per heavy atom. The van der Waals surface area contributed by atoms with Gasteiger partial charge in [0, 0.05) is 0 Å². The summed E-state index contributed by atoms with van der Waals surface area (Å²) in [5.41, 5.74) is -0.540. The van der Waals surface area contributed by atoms with E-state index in [1.54, 1.807) is 26.0 Å². The molecule has 1 aliphatic rings. The minimum absolute atomic E-state index is 0.0221. The van der Waals surface area contributed by atoms with Crippen molar-refractivity contribution in [3.63, 3.8) is 0 Å². The van der Waals surface area contributed by atoms with E-state index in [9.17, 15) is 23.1 Å². The first kappa shape index (κ1) is 21.4. The third kappa shape index (κ3) is 4.89. The normalized spacial score (nSPS) is 23.2. The minimum atomic E-state index is -3.35. The first-order chi connectivity index (χ1) is 12.6. The van der Waals surface area contributed by atoms with E-state index < -0.39 is 26.6 Å². The van der Waals surface area contributed by atoms with Gasteiger partial charge in [0.1, 0.15) is 5.54 Å². The molecular weight excluding hydrogens is 366 g/mol. The number of aliphatic carboxylic acids is 1. The van der Waals surface area contributed by atoms with Crippen LogP contribution < -0.4 is 5.32 Å². The number of amides is 1. The maximum atomic E-state index is 12.4. The van der Waals surface area contributed by atoms with Gasteiger partial charge in [0.2, 0.25) is 5.91 Å². The molecule has 0 aliphatic heterocycles. The number of carbonyl (C=O) groups excluding carboxylic acids is 1. The number of hydrogen-bond acceptors (Lipinski definition) is 4. The summed E-state index contributed by atoms with van der Waals surface area (Å²) >= 11 is 0. The zero-order valence-electron chi connectivity index (χ0n) is 16.2. The van der Waals surface area contributed by atoms with Crippen LogP contribution in [0.5, 0.6) is 0 Å². The second-order valence-corrected chi connectivity index (χ2v) is 10.2. The molecule has 1 saturated carbocycles. The number of benzene rings is 1. The molecule has 0 spiro atoms. The highest BCUT2D eigenvalue weighted by Crippen LogP contribution is 2.34. The zero-order valence-corrected chi connectivity index (χ0v) is 17.0. The van der Waals surface area contributed by atoms with Crippen LogP contribution in [0.25, 0.3) is 0 Å². The average molecular weight is 396 g/mol. The fraction of sp³-hybridized carbons (Fsp3) is 0.600. The van der Waals surface area contributed by atoms with Gasteiger partial charge in [0.05, 0.1) is 16.6 Å². The van der Waals surface area contributed by atoms with Gasteiger partial charge in [0.15, 0.2) is 9.84 Å². The molecule has 2 rings (SSSR count). The van der Waals surface area contributed by atoms with Crippen molar-refractivity contribution in [2.75, 3.05) is 0 Å². The van der Waals surface area contributed by atoms with E-state index in [1.165, 1.54) is 12.1 Å². The van der Waals surface area contributed by atoms with Gasteiger partial charge in [-0.05, 0) is 63.1 Å². The SMILES string of the molecule is CCC1CCC(NC(=O)Cc2ccc(S(=O)(=O)C(C)C)cc2)(C(=O)O)CC1. The summed E-state index contributed by atoms with van der Waals surface area (Å²) in [6.45, 7) is 5.34. The van der Waals surface area contributed by atoms with Crippen molar-refractivity contribution in [1.29, 1.82) is 0 Å². The molecule has 0 unspecified atom stereocenters. The standard InChI is InChI=1S/C20H29NO5S/c1-4-15-9-11-20(12-10-15,19(23)24)21-18(22)13-16-5-7-17(8-6-16)27(25,26)14(2)3/h5-8,14-15H,4,9-13H2,1-3H3,(H,21,22)(H,23,24). The maximum Gasteiger partial charge on any atom is 0.329 e. The second kappa shape index (κ2) is 8.42. The Labute approximate surface area is 161 Å². The van der Waals surface area contributed by atoms with Crippen molar-refractivity contribution in [1.82, 2.24) is 5.32 Å². The molecule has 0 saturated heterocycles. The fourth-order valence-corrected chi connectivity index (χ4v) is 4.60. The lowest BCUT2D eigenvalue weighted by Gasteiger charge is -2.37. The number of nitrogens with one attached hydrogen (secondary N) is 1. The fourth-order valence-electron chi connectivity index (χ4n) is 3.54. The lowest BCUT2D eigenvalue weighted by Crippen LogP contribution is -2.56. The summed E-state index contributed by atoms with van der Waals surface area (Å²) in [5, 5.41) is 11.9. The molecule has 1 aliphatic carbocycles. The Kier molecular flexibility index (Phi) is 6.68. The van der Waals surface area contributed by atoms with Gasteiger partial charge in [-0.2, -0.15) is 0 Å². The van der Waals surface area contributed by atoms with Gasteiger partial charge in [-0.3, -0.25) is 4.79 Å². The first-order valence-electron chi connectivity index (χ1n) is 9.48. The predicted molar refractivity (Wildman–Crippen MR) is 103 cm³/mol. The van der Waals surface area contributed by atoms with Gasteiger partial charge in [-0.25, -0.2) is 13.2 Å². The lowest BCUT2D eigenvalue weighted by atomic mass is 9.75. The zero-order chi connectivity index (χ0) is 20.2. The quantitative estimate of drug-likeness (QED) is 0.739. The summed E-state index contributed by atoms with van der Waals surface area (Å²) in [6, 6.07) is 6.21. The third-order valence-corrected chi connectivity index (χ3v) is 7.73. The largest absolute Gasteiger partial charge is 0.480 e. The Bertz CT molecular complexity index is 775. The molecular formula is C20H29NO5S. The molecule has 0 bridgehead atoms. The van der Waals surface area contributed by atoms with Gasteiger partial charge < -0.3 is 10.4 Å². The Balaban J connectivity index is 2.05. The van der Waals surface area contributed by atoms with Crippen LogP contribution in [0.15, 0.2) is 29.2 Å². The highest BCUT2D eigenvalue weighted by atomic mass is 32.2. The van der Waals surface area contributed by atoms with Crippen molar-refractivity contribution >= 4 is 21.7 Å². The molecule has 0 aromatic heterocycles. The van der Waals surface area contributed by atoms with Gasteiger partial charge in [0.25, 0.3) is 0 Å². The molecule has 1 amide bonds. The number of carboxylic acids is 1. The maximum absolute atomic E-state index is 12.4. The van der Waals surface area contributed by atoms with E-state index in [-0.39, 0.29) is 17.2 Å². The predicted octanol–water partition coefficient (Wildman–Crippen LogP) is 2.95. The smallest absolute Gasteiger partial charge is 0.329 e. The van der Waals surface area contributed by atoms with E-state index in [2.05, 4.69) is 12.2 Å². The van der Waals surface area contributed by atoms with Crippen LogP contribution >= 0.6 is 0 Å². The van der Waals surface area contributed by atoms with Crippen LogP contribution in [-0.4, -0.2) is 36.2 Å². The van der Waals surface area contributed by atoms with E-state index >= 15 is 0 Å². The number of rotatable bonds is 7. The molecule has 7 heteroatoms. The molecule has 6 nitrogen and oxygen atoms in total. The Morgan fingerprint density at radius 3 is 2.19 bits per heavy atom. The van der Waals surface area contributed by atoms with E-state index in [0.717, 1.165) is 19.3 Å². The van der Waals surface area contributed by atoms with Crippen molar-refractivity contribution in [3.8, 4) is 0 Å². The van der Waals surface area contributed by atoms with Crippen molar-refractivity contribution in [2.45, 2.75) is 75.0 Å². The summed E-state index contributed by atoms with van der Waals surface area (Å²) in [4.78, 5) is 24.5. The van der Waals surface area contributed by atoms with Gasteiger partial charge in [-0.15, -0.1) is 0 Å². The molecule has 27 heavy (non-hydrogen) atoms. The number of carbonyl (C=O) groups is 2. The molecule has 2 N–H and O–H groups in total. The van der Waals surface area contributed by atoms with Crippen LogP contribution in [0.3, 0.4) is 0 Å². The lowest BCUT2D eigenvalue weighted by molar-refractivity contribution is -0.149. The third-order valence-electron chi connectivity index (χ3n) is 5.56. The summed E-state index contributed by atoms with van der Waals surface area (Å²) < 4.78 is 24.3. The highest BCUT2D eigenvalue weighted by Gasteiger charge is 2.42. The molecule has 1 aromatic rings. The number of sulfone groups is 1. The van der Waals surface area contributed by atoms with E-state index in [4.69, 9.17) is 0 Å². The average Bonchev–Trinajstić information content (AvgIpc) is 2.62. The van der Waals surface area contributed by atoms with Crippen molar-refractivity contribution in [3.05, 3.63) is 29.8 Å². The van der Waals surface area contributed by atoms with Crippen LogP contribution in [0.2, 0.25) is 0 Å². The van der Waals surface area contributed by atoms with Gasteiger partial charge in [-0.1, -0.05) is 25.5 Å². The van der Waals surface area contributed by atoms with E-state index in [1.807, 2.05) is 0 Å². The molecule has 0 radical (unpaired) electrons. The van der Waals surface area contributed by atoms with Crippen molar-refractivity contribution in [2.24, 2.45) is 5.92 Å². The molecule has 1 aromatic carbocycles. The molecule has 0 atom stereocenters. The molecule has 0 heterocycles. The van der Waals surface area contributed by atoms with Gasteiger partial charge >= 0.3 is 5.97 Å². The summed E-state index contributed by atoms with van der Waals surface area (Å²) in [5.74, 6) is -0.819. The summed E-state index contributed by atoms with van der Waals surface area (Å²) in [6.07, 6.45) is 3.52. The Morgan fingerprint density at radius 2 is 1.74 bits per heavy atom. The highest BCUT2D eigenvalue weighted by molar-refractivity contribution is 7.92. The minimum Gasteiger partial charge on any atom is -0.480 e.